The number of nitrogens with one attached hydrogen (secondary N) is 1. The first-order valence-electron chi connectivity index (χ1n) is 7.57. The van der Waals surface area contributed by atoms with Gasteiger partial charge in [-0.25, -0.2) is 4.79 Å². The van der Waals surface area contributed by atoms with E-state index in [-0.39, 0.29) is 29.3 Å². The van der Waals surface area contributed by atoms with E-state index >= 15 is 0 Å². The molecular formula is C17H16N4O4. The molecule has 25 heavy (non-hydrogen) atoms. The highest BCUT2D eigenvalue weighted by molar-refractivity contribution is 6.06. The Labute approximate surface area is 143 Å². The van der Waals surface area contributed by atoms with Gasteiger partial charge >= 0.3 is 5.97 Å². The van der Waals surface area contributed by atoms with Crippen molar-refractivity contribution in [2.75, 3.05) is 23.9 Å². The van der Waals surface area contributed by atoms with Crippen LogP contribution in [0.15, 0.2) is 47.0 Å². The maximum atomic E-state index is 12.1. The Morgan fingerprint density at radius 3 is 2.68 bits per heavy atom. The predicted octanol–water partition coefficient (Wildman–Crippen LogP) is 1.14. The van der Waals surface area contributed by atoms with E-state index in [2.05, 4.69) is 5.32 Å². The number of primary amides is 1. The Kier molecular flexibility index (Phi) is 3.64. The molecule has 1 atom stereocenters. The summed E-state index contributed by atoms with van der Waals surface area (Å²) in [5.41, 5.74) is 4.84. The number of nitrogens with two attached hydrogens (primary N) is 1. The normalized spacial score (nSPS) is 21.2. The lowest BCUT2D eigenvalue weighted by Gasteiger charge is -2.35. The van der Waals surface area contributed by atoms with Crippen molar-refractivity contribution >= 4 is 23.3 Å². The predicted molar refractivity (Wildman–Crippen MR) is 89.0 cm³/mol. The topological polar surface area (TPSA) is 129 Å². The second kappa shape index (κ2) is 5.56. The number of hydrogen-bond acceptors (Lipinski definition) is 6. The molecule has 1 aromatic rings. The number of fused-ring (bicyclic) bond motifs is 1. The van der Waals surface area contributed by atoms with Crippen LogP contribution in [0.4, 0.5) is 11.4 Å². The molecule has 0 spiro atoms. The number of rotatable bonds is 4. The van der Waals surface area contributed by atoms with Crippen LogP contribution in [0.3, 0.4) is 0 Å². The van der Waals surface area contributed by atoms with Gasteiger partial charge in [0.05, 0.1) is 35.4 Å². The molecule has 1 heterocycles. The summed E-state index contributed by atoms with van der Waals surface area (Å²) in [7, 11) is 1.64. The number of carbonyl (C=O) groups excluding carboxylic acids is 1. The minimum absolute atomic E-state index is 0.0834. The van der Waals surface area contributed by atoms with Gasteiger partial charge < -0.3 is 25.8 Å². The van der Waals surface area contributed by atoms with Gasteiger partial charge in [0.25, 0.3) is 11.3 Å². The minimum atomic E-state index is -2.16. The van der Waals surface area contributed by atoms with Crippen LogP contribution in [0.5, 0.6) is 0 Å². The van der Waals surface area contributed by atoms with Crippen molar-refractivity contribution in [3.63, 3.8) is 0 Å². The Balaban J connectivity index is 2.36. The van der Waals surface area contributed by atoms with Crippen molar-refractivity contribution in [3.8, 4) is 6.07 Å². The SMILES string of the molecule is CCOC1=C(C(N)=O)C2=C(N(C)c3ccccc3N2)C1(C#N)C(=O)O. The molecule has 0 saturated carbocycles. The molecule has 0 radical (unpaired) electrons. The monoisotopic (exact) mass is 340 g/mol. The molecule has 1 aliphatic carbocycles. The number of aliphatic carboxylic acids is 1. The van der Waals surface area contributed by atoms with Crippen molar-refractivity contribution in [3.05, 3.63) is 47.0 Å². The molecule has 0 aromatic heterocycles. The van der Waals surface area contributed by atoms with E-state index in [0.29, 0.717) is 11.4 Å². The van der Waals surface area contributed by atoms with Gasteiger partial charge in [-0.05, 0) is 19.1 Å². The van der Waals surface area contributed by atoms with Crippen LogP contribution >= 0.6 is 0 Å². The molecule has 128 valence electrons. The smallest absolute Gasteiger partial charge is 0.338 e. The summed E-state index contributed by atoms with van der Waals surface area (Å²) in [4.78, 5) is 25.8. The first-order chi connectivity index (χ1) is 11.9. The highest BCUT2D eigenvalue weighted by atomic mass is 16.5. The molecule has 1 aliphatic heterocycles. The third kappa shape index (κ3) is 1.99. The number of amides is 1. The molecule has 2 aliphatic rings. The fraction of sp³-hybridized carbons (Fsp3) is 0.235. The van der Waals surface area contributed by atoms with E-state index in [4.69, 9.17) is 10.5 Å². The molecule has 8 heteroatoms. The number of para-hydroxylation sites is 2. The summed E-state index contributed by atoms with van der Waals surface area (Å²) in [5, 5.41) is 22.7. The third-order valence-corrected chi connectivity index (χ3v) is 4.29. The quantitative estimate of drug-likeness (QED) is 0.749. The largest absolute Gasteiger partial charge is 0.495 e. The number of nitriles is 1. The molecule has 0 saturated heterocycles. The second-order valence-electron chi connectivity index (χ2n) is 5.59. The second-order valence-corrected chi connectivity index (χ2v) is 5.59. The van der Waals surface area contributed by atoms with Crippen molar-refractivity contribution in [2.45, 2.75) is 6.92 Å². The first-order valence-corrected chi connectivity index (χ1v) is 7.57. The third-order valence-electron chi connectivity index (χ3n) is 4.29. The summed E-state index contributed by atoms with van der Waals surface area (Å²) in [6.45, 7) is 1.72. The van der Waals surface area contributed by atoms with E-state index < -0.39 is 17.3 Å². The standard InChI is InChI=1S/C17H16N4O4/c1-3-25-14-11(15(19)22)12-13(17(14,8-18)16(23)24)21(2)10-7-5-4-6-9(10)20-12/h4-7,20H,3H2,1-2H3,(H2,19,22)(H,23,24). The zero-order valence-electron chi connectivity index (χ0n) is 13.7. The molecule has 0 bridgehead atoms. The number of anilines is 2. The lowest BCUT2D eigenvalue weighted by Crippen LogP contribution is -2.41. The number of carbonyl (C=O) groups is 2. The number of ether oxygens (including phenoxy) is 1. The summed E-state index contributed by atoms with van der Waals surface area (Å²) < 4.78 is 5.45. The van der Waals surface area contributed by atoms with Gasteiger partial charge in [0.1, 0.15) is 11.3 Å². The van der Waals surface area contributed by atoms with Gasteiger partial charge in [0.2, 0.25) is 0 Å². The molecule has 4 N–H and O–H groups in total. The fourth-order valence-corrected chi connectivity index (χ4v) is 3.29. The Morgan fingerprint density at radius 2 is 2.12 bits per heavy atom. The summed E-state index contributed by atoms with van der Waals surface area (Å²) >= 11 is 0. The molecule has 3 rings (SSSR count). The summed E-state index contributed by atoms with van der Waals surface area (Å²) in [5.74, 6) is -2.56. The Bertz CT molecular complexity index is 896. The van der Waals surface area contributed by atoms with Crippen LogP contribution in [0.2, 0.25) is 0 Å². The number of nitrogens with zero attached hydrogens (tertiary/aromatic N) is 2. The van der Waals surface area contributed by atoms with Crippen LogP contribution in [-0.4, -0.2) is 30.6 Å². The molecule has 1 amide bonds. The van der Waals surface area contributed by atoms with Crippen LogP contribution in [0.25, 0.3) is 0 Å². The fourth-order valence-electron chi connectivity index (χ4n) is 3.29. The molecule has 1 aromatic carbocycles. The molecule has 0 fully saturated rings. The highest BCUT2D eigenvalue weighted by Crippen LogP contribution is 2.53. The van der Waals surface area contributed by atoms with Gasteiger partial charge in [0, 0.05) is 7.05 Å². The Morgan fingerprint density at radius 1 is 1.44 bits per heavy atom. The molecule has 1 unspecified atom stereocenters. The zero-order valence-corrected chi connectivity index (χ0v) is 13.7. The average molecular weight is 340 g/mol. The van der Waals surface area contributed by atoms with Crippen molar-refractivity contribution in [1.29, 1.82) is 5.26 Å². The van der Waals surface area contributed by atoms with E-state index in [9.17, 15) is 20.0 Å². The Hall–Kier alpha value is -3.47. The van der Waals surface area contributed by atoms with Crippen LogP contribution in [-0.2, 0) is 14.3 Å². The number of carboxylic acids is 1. The van der Waals surface area contributed by atoms with Gasteiger partial charge in [-0.3, -0.25) is 4.79 Å². The number of carboxylic acid groups (broad SMARTS) is 1. The van der Waals surface area contributed by atoms with Crippen LogP contribution in [0, 0.1) is 16.7 Å². The lowest BCUT2D eigenvalue weighted by atomic mass is 9.85. The number of hydrogen-bond donors (Lipinski definition) is 3. The van der Waals surface area contributed by atoms with Crippen molar-refractivity contribution in [2.24, 2.45) is 11.1 Å². The summed E-state index contributed by atoms with van der Waals surface area (Å²) in [6.07, 6.45) is 0. The highest BCUT2D eigenvalue weighted by Gasteiger charge is 2.59. The maximum Gasteiger partial charge on any atom is 0.338 e. The van der Waals surface area contributed by atoms with Gasteiger partial charge in [-0.1, -0.05) is 12.1 Å². The van der Waals surface area contributed by atoms with Crippen LogP contribution in [0.1, 0.15) is 6.92 Å². The molecular weight excluding hydrogens is 324 g/mol. The lowest BCUT2D eigenvalue weighted by molar-refractivity contribution is -0.143. The van der Waals surface area contributed by atoms with Crippen molar-refractivity contribution in [1.82, 2.24) is 0 Å². The van der Waals surface area contributed by atoms with E-state index in [0.717, 1.165) is 0 Å². The van der Waals surface area contributed by atoms with E-state index in [1.165, 1.54) is 0 Å². The van der Waals surface area contributed by atoms with Crippen LogP contribution < -0.4 is 16.0 Å². The number of benzene rings is 1. The first kappa shape index (κ1) is 16.4. The van der Waals surface area contributed by atoms with E-state index in [1.54, 1.807) is 43.1 Å². The van der Waals surface area contributed by atoms with Gasteiger partial charge in [-0.2, -0.15) is 5.26 Å². The zero-order chi connectivity index (χ0) is 18.4. The van der Waals surface area contributed by atoms with Gasteiger partial charge in [-0.15, -0.1) is 0 Å². The van der Waals surface area contributed by atoms with E-state index in [1.807, 2.05) is 6.07 Å². The average Bonchev–Trinajstić information content (AvgIpc) is 2.86. The van der Waals surface area contributed by atoms with Gasteiger partial charge in [0.15, 0.2) is 0 Å². The molecule has 8 nitrogen and oxygen atoms in total. The minimum Gasteiger partial charge on any atom is -0.495 e. The maximum absolute atomic E-state index is 12.1. The summed E-state index contributed by atoms with van der Waals surface area (Å²) in [6, 6.07) is 8.97. The van der Waals surface area contributed by atoms with Crippen molar-refractivity contribution < 1.29 is 19.4 Å².